The molecule has 0 radical (unpaired) electrons. The number of thioether (sulfide) groups is 1. The number of amides is 1. The van der Waals surface area contributed by atoms with E-state index < -0.39 is 0 Å². The number of rotatable bonds is 8. The van der Waals surface area contributed by atoms with Crippen molar-refractivity contribution in [3.8, 4) is 22.8 Å². The molecule has 4 aromatic rings. The molecule has 1 amide bonds. The van der Waals surface area contributed by atoms with Gasteiger partial charge in [-0.05, 0) is 54.8 Å². The highest BCUT2D eigenvalue weighted by Gasteiger charge is 2.12. The van der Waals surface area contributed by atoms with Crippen molar-refractivity contribution in [1.29, 1.82) is 0 Å². The molecule has 4 rings (SSSR count). The lowest BCUT2D eigenvalue weighted by Gasteiger charge is -2.10. The van der Waals surface area contributed by atoms with Gasteiger partial charge in [0.05, 0.1) is 31.2 Å². The smallest absolute Gasteiger partial charge is 0.230 e. The monoisotopic (exact) mass is 462 g/mol. The van der Waals surface area contributed by atoms with Gasteiger partial charge in [-0.1, -0.05) is 30.0 Å². The lowest BCUT2D eigenvalue weighted by Crippen LogP contribution is -2.24. The van der Waals surface area contributed by atoms with Crippen molar-refractivity contribution in [3.63, 3.8) is 0 Å². The van der Waals surface area contributed by atoms with E-state index in [1.807, 2.05) is 30.5 Å². The fourth-order valence-electron chi connectivity index (χ4n) is 3.43. The molecule has 8 heteroatoms. The molecule has 33 heavy (non-hydrogen) atoms. The molecule has 0 spiro atoms. The van der Waals surface area contributed by atoms with E-state index >= 15 is 0 Å². The molecule has 0 saturated heterocycles. The second kappa shape index (κ2) is 9.95. The molecule has 7 nitrogen and oxygen atoms in total. The zero-order valence-electron chi connectivity index (χ0n) is 19.1. The number of carbonyl (C=O) groups is 1. The van der Waals surface area contributed by atoms with Crippen molar-refractivity contribution in [2.45, 2.75) is 25.4 Å². The predicted molar refractivity (Wildman–Crippen MR) is 130 cm³/mol. The minimum absolute atomic E-state index is 0.0764. The summed E-state index contributed by atoms with van der Waals surface area (Å²) in [6, 6.07) is 13.9. The molecular weight excluding hydrogens is 436 g/mol. The zero-order valence-corrected chi connectivity index (χ0v) is 19.9. The molecule has 2 aromatic heterocycles. The maximum atomic E-state index is 12.5. The highest BCUT2D eigenvalue weighted by molar-refractivity contribution is 8.00. The molecule has 0 saturated carbocycles. The van der Waals surface area contributed by atoms with Crippen LogP contribution < -0.4 is 14.8 Å². The van der Waals surface area contributed by atoms with Gasteiger partial charge in [0.25, 0.3) is 0 Å². The first-order valence-electron chi connectivity index (χ1n) is 10.5. The second-order valence-corrected chi connectivity index (χ2v) is 8.61. The van der Waals surface area contributed by atoms with E-state index in [0.717, 1.165) is 27.4 Å². The number of hydrogen-bond acceptors (Lipinski definition) is 6. The molecule has 0 aliphatic carbocycles. The molecule has 0 aliphatic heterocycles. The summed E-state index contributed by atoms with van der Waals surface area (Å²) in [7, 11) is 3.18. The van der Waals surface area contributed by atoms with Gasteiger partial charge in [-0.2, -0.15) is 5.10 Å². The highest BCUT2D eigenvalue weighted by Crippen LogP contribution is 2.28. The van der Waals surface area contributed by atoms with Crippen molar-refractivity contribution in [3.05, 3.63) is 71.5 Å². The van der Waals surface area contributed by atoms with Gasteiger partial charge < -0.3 is 14.8 Å². The summed E-state index contributed by atoms with van der Waals surface area (Å²) < 4.78 is 12.4. The quantitative estimate of drug-likeness (QED) is 0.390. The first-order valence-corrected chi connectivity index (χ1v) is 11.5. The van der Waals surface area contributed by atoms with Crippen LogP contribution in [0, 0.1) is 13.8 Å². The number of fused-ring (bicyclic) bond motifs is 1. The van der Waals surface area contributed by atoms with Crippen LogP contribution in [0.5, 0.6) is 11.5 Å². The van der Waals surface area contributed by atoms with Crippen LogP contribution >= 0.6 is 11.8 Å². The molecule has 0 bridgehead atoms. The van der Waals surface area contributed by atoms with E-state index in [1.165, 1.54) is 22.9 Å². The Morgan fingerprint density at radius 2 is 1.85 bits per heavy atom. The van der Waals surface area contributed by atoms with E-state index in [1.54, 1.807) is 24.9 Å². The van der Waals surface area contributed by atoms with Gasteiger partial charge in [-0.3, -0.25) is 4.79 Å². The Morgan fingerprint density at radius 1 is 1.03 bits per heavy atom. The molecule has 170 valence electrons. The van der Waals surface area contributed by atoms with Gasteiger partial charge in [0.15, 0.2) is 11.5 Å². The molecular formula is C25H26N4O3S. The Bertz CT molecular complexity index is 1300. The topological polar surface area (TPSA) is 77.8 Å². The van der Waals surface area contributed by atoms with E-state index in [2.05, 4.69) is 47.4 Å². The van der Waals surface area contributed by atoms with Gasteiger partial charge in [-0.25, -0.2) is 9.50 Å². The third kappa shape index (κ3) is 5.12. The number of ether oxygens (including phenoxy) is 2. The number of carbonyl (C=O) groups excluding carboxylic acids is 1. The van der Waals surface area contributed by atoms with Crippen LogP contribution in [0.1, 0.15) is 16.7 Å². The molecule has 2 aromatic carbocycles. The Morgan fingerprint density at radius 3 is 2.61 bits per heavy atom. The third-order valence-corrected chi connectivity index (χ3v) is 6.43. The number of methoxy groups -OCH3 is 2. The lowest BCUT2D eigenvalue weighted by atomic mass is 10.0. The van der Waals surface area contributed by atoms with Gasteiger partial charge in [-0.15, -0.1) is 0 Å². The highest BCUT2D eigenvalue weighted by atomic mass is 32.2. The average molecular weight is 463 g/mol. The molecule has 0 unspecified atom stereocenters. The first-order chi connectivity index (χ1) is 16.0. The molecule has 0 atom stereocenters. The Kier molecular flexibility index (Phi) is 6.84. The van der Waals surface area contributed by atoms with E-state index in [9.17, 15) is 4.79 Å². The Labute approximate surface area is 197 Å². The molecule has 0 aliphatic rings. The third-order valence-electron chi connectivity index (χ3n) is 5.43. The van der Waals surface area contributed by atoms with Gasteiger partial charge in [0.1, 0.15) is 5.03 Å². The van der Waals surface area contributed by atoms with Crippen molar-refractivity contribution in [2.24, 2.45) is 0 Å². The maximum absolute atomic E-state index is 12.5. The zero-order chi connectivity index (χ0) is 23.4. The number of nitrogens with one attached hydrogen (secondary N) is 1. The van der Waals surface area contributed by atoms with Crippen LogP contribution in [0.25, 0.3) is 16.8 Å². The van der Waals surface area contributed by atoms with Gasteiger partial charge in [0, 0.05) is 24.5 Å². The van der Waals surface area contributed by atoms with Crippen molar-refractivity contribution in [2.75, 3.05) is 20.0 Å². The molecule has 2 heterocycles. The first kappa shape index (κ1) is 22.7. The summed E-state index contributed by atoms with van der Waals surface area (Å²) in [5, 5.41) is 8.40. The fraction of sp³-hybridized carbons (Fsp3) is 0.240. The summed E-state index contributed by atoms with van der Waals surface area (Å²) >= 11 is 1.39. The maximum Gasteiger partial charge on any atom is 0.230 e. The number of aryl methyl sites for hydroxylation is 2. The van der Waals surface area contributed by atoms with Crippen LogP contribution in [0.4, 0.5) is 0 Å². The van der Waals surface area contributed by atoms with Gasteiger partial charge >= 0.3 is 0 Å². The summed E-state index contributed by atoms with van der Waals surface area (Å²) in [6.45, 7) is 4.59. The van der Waals surface area contributed by atoms with E-state index in [4.69, 9.17) is 9.47 Å². The predicted octanol–water partition coefficient (Wildman–Crippen LogP) is 4.44. The van der Waals surface area contributed by atoms with Crippen molar-refractivity contribution >= 4 is 23.2 Å². The van der Waals surface area contributed by atoms with E-state index in [-0.39, 0.29) is 11.7 Å². The van der Waals surface area contributed by atoms with Crippen LogP contribution in [-0.4, -0.2) is 40.5 Å². The van der Waals surface area contributed by atoms with Crippen LogP contribution in [0.15, 0.2) is 59.9 Å². The van der Waals surface area contributed by atoms with Crippen LogP contribution in [0.3, 0.4) is 0 Å². The summed E-state index contributed by atoms with van der Waals surface area (Å²) in [5.74, 6) is 1.47. The van der Waals surface area contributed by atoms with Gasteiger partial charge in [0.2, 0.25) is 5.91 Å². The largest absolute Gasteiger partial charge is 0.493 e. The Balaban J connectivity index is 1.42. The summed E-state index contributed by atoms with van der Waals surface area (Å²) in [5.41, 5.74) is 6.22. The SMILES string of the molecule is COc1ccc(CNC(=O)CSc2nccn3nc(-c4ccc(C)c(C)c4)cc23)cc1OC. The normalized spacial score (nSPS) is 10.9. The summed E-state index contributed by atoms with van der Waals surface area (Å²) in [6.07, 6.45) is 3.52. The second-order valence-electron chi connectivity index (χ2n) is 7.65. The molecule has 1 N–H and O–H groups in total. The average Bonchev–Trinajstić information content (AvgIpc) is 3.28. The fourth-order valence-corrected chi connectivity index (χ4v) is 4.23. The number of nitrogens with zero attached hydrogens (tertiary/aromatic N) is 3. The number of hydrogen-bond donors (Lipinski definition) is 1. The van der Waals surface area contributed by atoms with Crippen LogP contribution in [0.2, 0.25) is 0 Å². The minimum atomic E-state index is -0.0764. The summed E-state index contributed by atoms with van der Waals surface area (Å²) in [4.78, 5) is 16.9. The van der Waals surface area contributed by atoms with Crippen LogP contribution in [-0.2, 0) is 11.3 Å². The Hall–Kier alpha value is -3.52. The number of benzene rings is 2. The number of aromatic nitrogens is 3. The molecule has 0 fully saturated rings. The lowest BCUT2D eigenvalue weighted by molar-refractivity contribution is -0.118. The standard InChI is InChI=1S/C25H26N4O3S/c1-16-5-7-19(11-17(16)2)20-13-21-25(26-9-10-29(21)28-20)33-15-24(30)27-14-18-6-8-22(31-3)23(12-18)32-4/h5-13H,14-15H2,1-4H3,(H,27,30). The van der Waals surface area contributed by atoms with Crippen molar-refractivity contribution < 1.29 is 14.3 Å². The van der Waals surface area contributed by atoms with Crippen molar-refractivity contribution in [1.82, 2.24) is 19.9 Å². The minimum Gasteiger partial charge on any atom is -0.493 e. The van der Waals surface area contributed by atoms with E-state index in [0.29, 0.717) is 18.0 Å².